The third kappa shape index (κ3) is 4.16. The van der Waals surface area contributed by atoms with E-state index in [9.17, 15) is 0 Å². The van der Waals surface area contributed by atoms with Crippen molar-refractivity contribution in [2.45, 2.75) is 26.3 Å². The van der Waals surface area contributed by atoms with Gasteiger partial charge in [0.15, 0.2) is 0 Å². The predicted octanol–water partition coefficient (Wildman–Crippen LogP) is 3.46. The monoisotopic (exact) mass is 325 g/mol. The molecule has 3 nitrogen and oxygen atoms in total. The average molecular weight is 326 g/mol. The Hall–Kier alpha value is -0.680. The normalized spacial score (nSPS) is 17.0. The lowest BCUT2D eigenvalue weighted by molar-refractivity contribution is 0.177. The molecule has 21 heavy (non-hydrogen) atoms. The van der Waals surface area contributed by atoms with Crippen LogP contribution in [-0.4, -0.2) is 36.6 Å². The number of piperidine rings is 1. The molecule has 2 heterocycles. The summed E-state index contributed by atoms with van der Waals surface area (Å²) in [6.07, 6.45) is 2.64. The average Bonchev–Trinajstić information content (AvgIpc) is 2.81. The van der Waals surface area contributed by atoms with Crippen LogP contribution in [0.3, 0.4) is 0 Å². The number of nitrogens with zero attached hydrogens (tertiary/aromatic N) is 2. The Morgan fingerprint density at radius 1 is 1.33 bits per heavy atom. The molecule has 0 atom stereocenters. The molecule has 3 rings (SSSR count). The molecular weight excluding hydrogens is 302 g/mol. The molecule has 1 fully saturated rings. The van der Waals surface area contributed by atoms with Crippen LogP contribution in [-0.2, 0) is 6.54 Å². The Morgan fingerprint density at radius 2 is 2.10 bits per heavy atom. The zero-order valence-corrected chi connectivity index (χ0v) is 14.4. The first-order valence-electron chi connectivity index (χ1n) is 7.47. The van der Waals surface area contributed by atoms with E-state index in [1.165, 1.54) is 42.7 Å². The van der Waals surface area contributed by atoms with Gasteiger partial charge in [0, 0.05) is 6.54 Å². The minimum atomic E-state index is 0. The van der Waals surface area contributed by atoms with Crippen molar-refractivity contribution in [1.82, 2.24) is 15.2 Å². The van der Waals surface area contributed by atoms with E-state index in [1.54, 1.807) is 11.3 Å². The smallest absolute Gasteiger partial charge is 0.0907 e. The summed E-state index contributed by atoms with van der Waals surface area (Å²) in [5, 5.41) is 4.46. The fourth-order valence-electron chi connectivity index (χ4n) is 3.08. The zero-order valence-electron chi connectivity index (χ0n) is 12.8. The van der Waals surface area contributed by atoms with Crippen molar-refractivity contribution in [1.29, 1.82) is 0 Å². The van der Waals surface area contributed by atoms with Crippen molar-refractivity contribution in [3.63, 3.8) is 0 Å². The maximum absolute atomic E-state index is 4.53. The van der Waals surface area contributed by atoms with Crippen LogP contribution in [0.15, 0.2) is 18.2 Å². The first-order chi connectivity index (χ1) is 9.74. The van der Waals surface area contributed by atoms with Gasteiger partial charge in [-0.2, -0.15) is 0 Å². The van der Waals surface area contributed by atoms with E-state index < -0.39 is 0 Å². The standard InChI is InChI=1S/C16H23N3S.ClH/c1-12-18-15-4-3-14(9-16(15)20-12)11-19-7-5-13(6-8-19)10-17-2;/h3-4,9,13,17H,5-8,10-11H2,1-2H3;1H. The van der Waals surface area contributed by atoms with Crippen molar-refractivity contribution in [2.75, 3.05) is 26.7 Å². The van der Waals surface area contributed by atoms with Crippen molar-refractivity contribution in [2.24, 2.45) is 5.92 Å². The largest absolute Gasteiger partial charge is 0.319 e. The molecule has 2 aromatic rings. The SMILES string of the molecule is CNCC1CCN(Cc2ccc3nc(C)sc3c2)CC1.Cl. The molecule has 1 saturated heterocycles. The van der Waals surface area contributed by atoms with Crippen LogP contribution < -0.4 is 5.32 Å². The number of hydrogen-bond donors (Lipinski definition) is 1. The molecule has 1 aromatic carbocycles. The van der Waals surface area contributed by atoms with Crippen LogP contribution in [0.2, 0.25) is 0 Å². The molecule has 0 spiro atoms. The van der Waals surface area contributed by atoms with E-state index in [-0.39, 0.29) is 12.4 Å². The van der Waals surface area contributed by atoms with Gasteiger partial charge >= 0.3 is 0 Å². The Balaban J connectivity index is 0.00000161. The lowest BCUT2D eigenvalue weighted by atomic mass is 9.96. The molecule has 1 aromatic heterocycles. The van der Waals surface area contributed by atoms with Crippen LogP contribution >= 0.6 is 23.7 Å². The summed E-state index contributed by atoms with van der Waals surface area (Å²) in [4.78, 5) is 7.11. The minimum absolute atomic E-state index is 0. The quantitative estimate of drug-likeness (QED) is 0.933. The number of aromatic nitrogens is 1. The van der Waals surface area contributed by atoms with E-state index in [0.717, 1.165) is 23.0 Å². The number of halogens is 1. The van der Waals surface area contributed by atoms with Crippen LogP contribution in [0, 0.1) is 12.8 Å². The van der Waals surface area contributed by atoms with E-state index >= 15 is 0 Å². The fraction of sp³-hybridized carbons (Fsp3) is 0.562. The zero-order chi connectivity index (χ0) is 13.9. The third-order valence-electron chi connectivity index (χ3n) is 4.17. The summed E-state index contributed by atoms with van der Waals surface area (Å²) < 4.78 is 1.32. The molecule has 0 radical (unpaired) electrons. The van der Waals surface area contributed by atoms with Crippen LogP contribution in [0.1, 0.15) is 23.4 Å². The molecule has 0 aliphatic carbocycles. The van der Waals surface area contributed by atoms with Gasteiger partial charge in [-0.05, 0) is 70.1 Å². The highest BCUT2D eigenvalue weighted by Gasteiger charge is 2.18. The highest BCUT2D eigenvalue weighted by atomic mass is 35.5. The minimum Gasteiger partial charge on any atom is -0.319 e. The Bertz CT molecular complexity index is 576. The topological polar surface area (TPSA) is 28.2 Å². The maximum Gasteiger partial charge on any atom is 0.0907 e. The van der Waals surface area contributed by atoms with Gasteiger partial charge in [-0.25, -0.2) is 4.98 Å². The van der Waals surface area contributed by atoms with Gasteiger partial charge in [-0.15, -0.1) is 23.7 Å². The fourth-order valence-corrected chi connectivity index (χ4v) is 3.97. The van der Waals surface area contributed by atoms with Crippen molar-refractivity contribution in [3.8, 4) is 0 Å². The summed E-state index contributed by atoms with van der Waals surface area (Å²) in [5.41, 5.74) is 2.57. The highest BCUT2D eigenvalue weighted by Crippen LogP contribution is 2.24. The van der Waals surface area contributed by atoms with Gasteiger partial charge in [0.25, 0.3) is 0 Å². The lowest BCUT2D eigenvalue weighted by Gasteiger charge is -2.31. The number of hydrogen-bond acceptors (Lipinski definition) is 4. The van der Waals surface area contributed by atoms with Crippen molar-refractivity contribution in [3.05, 3.63) is 28.8 Å². The first kappa shape index (κ1) is 16.7. The Labute approximate surface area is 137 Å². The first-order valence-corrected chi connectivity index (χ1v) is 8.29. The third-order valence-corrected chi connectivity index (χ3v) is 5.10. The molecular formula is C16H24ClN3S. The van der Waals surface area contributed by atoms with Gasteiger partial charge in [-0.3, -0.25) is 4.90 Å². The number of thiazole rings is 1. The summed E-state index contributed by atoms with van der Waals surface area (Å²) in [7, 11) is 2.05. The van der Waals surface area contributed by atoms with Crippen LogP contribution in [0.25, 0.3) is 10.2 Å². The van der Waals surface area contributed by atoms with E-state index in [1.807, 2.05) is 0 Å². The second kappa shape index (κ2) is 7.54. The number of rotatable bonds is 4. The molecule has 116 valence electrons. The number of aryl methyl sites for hydroxylation is 1. The number of fused-ring (bicyclic) bond motifs is 1. The number of nitrogens with one attached hydrogen (secondary N) is 1. The van der Waals surface area contributed by atoms with Crippen molar-refractivity contribution >= 4 is 34.0 Å². The van der Waals surface area contributed by atoms with E-state index in [0.29, 0.717) is 0 Å². The van der Waals surface area contributed by atoms with Crippen LogP contribution in [0.4, 0.5) is 0 Å². The second-order valence-electron chi connectivity index (χ2n) is 5.81. The molecule has 0 saturated carbocycles. The lowest BCUT2D eigenvalue weighted by Crippen LogP contribution is -2.36. The molecule has 5 heteroatoms. The van der Waals surface area contributed by atoms with Crippen molar-refractivity contribution < 1.29 is 0 Å². The Morgan fingerprint density at radius 3 is 2.81 bits per heavy atom. The second-order valence-corrected chi connectivity index (χ2v) is 7.05. The summed E-state index contributed by atoms with van der Waals surface area (Å²) in [5.74, 6) is 0.864. The molecule has 0 unspecified atom stereocenters. The van der Waals surface area contributed by atoms with E-state index in [2.05, 4.69) is 47.4 Å². The van der Waals surface area contributed by atoms with Gasteiger partial charge < -0.3 is 5.32 Å². The maximum atomic E-state index is 4.53. The van der Waals surface area contributed by atoms with E-state index in [4.69, 9.17) is 0 Å². The predicted molar refractivity (Wildman–Crippen MR) is 93.5 cm³/mol. The van der Waals surface area contributed by atoms with Gasteiger partial charge in [-0.1, -0.05) is 6.07 Å². The van der Waals surface area contributed by atoms with Gasteiger partial charge in [0.1, 0.15) is 0 Å². The molecule has 0 amide bonds. The number of benzene rings is 1. The summed E-state index contributed by atoms with van der Waals surface area (Å²) in [6.45, 7) is 6.79. The van der Waals surface area contributed by atoms with Gasteiger partial charge in [0.05, 0.1) is 15.2 Å². The highest BCUT2D eigenvalue weighted by molar-refractivity contribution is 7.18. The Kier molecular flexibility index (Phi) is 5.99. The van der Waals surface area contributed by atoms with Crippen LogP contribution in [0.5, 0.6) is 0 Å². The summed E-state index contributed by atoms with van der Waals surface area (Å²) in [6, 6.07) is 6.72. The molecule has 1 aliphatic heterocycles. The summed E-state index contributed by atoms with van der Waals surface area (Å²) >= 11 is 1.80. The molecule has 1 N–H and O–H groups in total. The molecule has 1 aliphatic rings. The number of likely N-dealkylation sites (tertiary alicyclic amines) is 1. The molecule has 0 bridgehead atoms. The van der Waals surface area contributed by atoms with Gasteiger partial charge in [0.2, 0.25) is 0 Å².